The Morgan fingerprint density at radius 2 is 1.69 bits per heavy atom. The van der Waals surface area contributed by atoms with Gasteiger partial charge >= 0.3 is 0 Å². The van der Waals surface area contributed by atoms with Crippen molar-refractivity contribution >= 4 is 0 Å². The normalized spacial score (nSPS) is 9.85. The topological polar surface area (TPSA) is 38.7 Å². The third kappa shape index (κ3) is 1.92. The van der Waals surface area contributed by atoms with Gasteiger partial charge in [-0.15, -0.1) is 0 Å². The van der Waals surface area contributed by atoms with Crippen molar-refractivity contribution in [3.8, 4) is 11.5 Å². The van der Waals surface area contributed by atoms with Crippen molar-refractivity contribution < 1.29 is 14.6 Å². The van der Waals surface area contributed by atoms with E-state index in [0.717, 1.165) is 11.1 Å². The molecule has 13 heavy (non-hydrogen) atoms. The van der Waals surface area contributed by atoms with E-state index >= 15 is 0 Å². The van der Waals surface area contributed by atoms with Crippen molar-refractivity contribution in [2.75, 3.05) is 14.2 Å². The van der Waals surface area contributed by atoms with E-state index in [1.54, 1.807) is 20.3 Å². The first-order chi connectivity index (χ1) is 6.22. The number of hydrogen-bond donors (Lipinski definition) is 1. The number of methoxy groups -OCH3 is 2. The SMILES string of the molecule is COc1cc(C)c(CO)cc1OC. The minimum absolute atomic E-state index is 0.0200. The zero-order valence-corrected chi connectivity index (χ0v) is 8.13. The molecule has 0 unspecified atom stereocenters. The molecule has 0 bridgehead atoms. The predicted octanol–water partition coefficient (Wildman–Crippen LogP) is 1.50. The third-order valence-electron chi connectivity index (χ3n) is 2.01. The van der Waals surface area contributed by atoms with Crippen LogP contribution in [0.2, 0.25) is 0 Å². The van der Waals surface area contributed by atoms with E-state index in [2.05, 4.69) is 0 Å². The van der Waals surface area contributed by atoms with Gasteiger partial charge in [-0.25, -0.2) is 0 Å². The van der Waals surface area contributed by atoms with Crippen LogP contribution in [0.25, 0.3) is 0 Å². The van der Waals surface area contributed by atoms with Crippen LogP contribution in [0.1, 0.15) is 11.1 Å². The zero-order valence-electron chi connectivity index (χ0n) is 8.13. The quantitative estimate of drug-likeness (QED) is 0.770. The second-order valence-corrected chi connectivity index (χ2v) is 2.79. The zero-order chi connectivity index (χ0) is 9.84. The summed E-state index contributed by atoms with van der Waals surface area (Å²) in [5.74, 6) is 1.34. The molecule has 1 aromatic carbocycles. The van der Waals surface area contributed by atoms with E-state index in [4.69, 9.17) is 14.6 Å². The van der Waals surface area contributed by atoms with Gasteiger partial charge in [-0.05, 0) is 30.2 Å². The Hall–Kier alpha value is -1.22. The summed E-state index contributed by atoms with van der Waals surface area (Å²) in [6, 6.07) is 3.64. The standard InChI is InChI=1S/C10H14O3/c1-7-4-9(12-2)10(13-3)5-8(7)6-11/h4-5,11H,6H2,1-3H3. The van der Waals surface area contributed by atoms with Gasteiger partial charge in [0, 0.05) is 0 Å². The molecule has 1 aromatic rings. The van der Waals surface area contributed by atoms with Gasteiger partial charge in [0.05, 0.1) is 20.8 Å². The molecule has 3 nitrogen and oxygen atoms in total. The molecule has 0 fully saturated rings. The number of aliphatic hydroxyl groups is 1. The summed E-state index contributed by atoms with van der Waals surface area (Å²) in [6.07, 6.45) is 0. The minimum Gasteiger partial charge on any atom is -0.493 e. The Balaban J connectivity index is 3.18. The van der Waals surface area contributed by atoms with Crippen molar-refractivity contribution in [1.82, 2.24) is 0 Å². The monoisotopic (exact) mass is 182 g/mol. The summed E-state index contributed by atoms with van der Waals surface area (Å²) in [4.78, 5) is 0. The van der Waals surface area contributed by atoms with Gasteiger partial charge < -0.3 is 14.6 Å². The summed E-state index contributed by atoms with van der Waals surface area (Å²) in [5.41, 5.74) is 1.86. The molecule has 0 saturated heterocycles. The molecule has 0 radical (unpaired) electrons. The van der Waals surface area contributed by atoms with Gasteiger partial charge in [-0.3, -0.25) is 0 Å². The first-order valence-electron chi connectivity index (χ1n) is 4.05. The van der Waals surface area contributed by atoms with Gasteiger partial charge in [-0.2, -0.15) is 0 Å². The van der Waals surface area contributed by atoms with E-state index in [1.807, 2.05) is 13.0 Å². The lowest BCUT2D eigenvalue weighted by Gasteiger charge is -2.10. The highest BCUT2D eigenvalue weighted by Crippen LogP contribution is 2.29. The van der Waals surface area contributed by atoms with Crippen LogP contribution in [0.4, 0.5) is 0 Å². The summed E-state index contributed by atoms with van der Waals surface area (Å²) in [5, 5.41) is 9.01. The number of aliphatic hydroxyl groups excluding tert-OH is 1. The Bertz CT molecular complexity index is 294. The summed E-state index contributed by atoms with van der Waals surface area (Å²) < 4.78 is 10.2. The predicted molar refractivity (Wildman–Crippen MR) is 50.2 cm³/mol. The molecule has 1 N–H and O–H groups in total. The van der Waals surface area contributed by atoms with Gasteiger partial charge in [0.2, 0.25) is 0 Å². The molecule has 72 valence electrons. The highest BCUT2D eigenvalue weighted by molar-refractivity contribution is 5.46. The molecular weight excluding hydrogens is 168 g/mol. The molecule has 0 amide bonds. The van der Waals surface area contributed by atoms with E-state index in [1.165, 1.54) is 0 Å². The highest BCUT2D eigenvalue weighted by atomic mass is 16.5. The molecule has 0 heterocycles. The van der Waals surface area contributed by atoms with Crippen LogP contribution in [0.5, 0.6) is 11.5 Å². The van der Waals surface area contributed by atoms with Crippen LogP contribution in [-0.4, -0.2) is 19.3 Å². The van der Waals surface area contributed by atoms with Gasteiger partial charge in [0.25, 0.3) is 0 Å². The van der Waals surface area contributed by atoms with Crippen LogP contribution >= 0.6 is 0 Å². The molecule has 0 spiro atoms. The Morgan fingerprint density at radius 3 is 2.15 bits per heavy atom. The van der Waals surface area contributed by atoms with Crippen LogP contribution < -0.4 is 9.47 Å². The van der Waals surface area contributed by atoms with Gasteiger partial charge in [0.15, 0.2) is 11.5 Å². The van der Waals surface area contributed by atoms with Crippen molar-refractivity contribution in [3.63, 3.8) is 0 Å². The van der Waals surface area contributed by atoms with Crippen LogP contribution in [0.3, 0.4) is 0 Å². The van der Waals surface area contributed by atoms with Crippen molar-refractivity contribution in [1.29, 1.82) is 0 Å². The molecule has 0 atom stereocenters. The first kappa shape index (κ1) is 9.86. The maximum absolute atomic E-state index is 9.01. The maximum atomic E-state index is 9.01. The van der Waals surface area contributed by atoms with Crippen LogP contribution in [0.15, 0.2) is 12.1 Å². The van der Waals surface area contributed by atoms with E-state index in [9.17, 15) is 0 Å². The molecule has 1 rings (SSSR count). The molecule has 0 aliphatic carbocycles. The number of benzene rings is 1. The van der Waals surface area contributed by atoms with E-state index < -0.39 is 0 Å². The third-order valence-corrected chi connectivity index (χ3v) is 2.01. The molecule has 0 saturated carbocycles. The Kier molecular flexibility index (Phi) is 3.14. The molecular formula is C10H14O3. The minimum atomic E-state index is 0.0200. The number of aryl methyl sites for hydroxylation is 1. The summed E-state index contributed by atoms with van der Waals surface area (Å²) >= 11 is 0. The van der Waals surface area contributed by atoms with Gasteiger partial charge in [0.1, 0.15) is 0 Å². The lowest BCUT2D eigenvalue weighted by Crippen LogP contribution is -1.95. The van der Waals surface area contributed by atoms with Crippen LogP contribution in [-0.2, 0) is 6.61 Å². The Morgan fingerprint density at radius 1 is 1.15 bits per heavy atom. The second-order valence-electron chi connectivity index (χ2n) is 2.79. The van der Waals surface area contributed by atoms with Crippen molar-refractivity contribution in [3.05, 3.63) is 23.3 Å². The average Bonchev–Trinajstić information content (AvgIpc) is 2.17. The largest absolute Gasteiger partial charge is 0.493 e. The number of rotatable bonds is 3. The fraction of sp³-hybridized carbons (Fsp3) is 0.400. The number of ether oxygens (including phenoxy) is 2. The van der Waals surface area contributed by atoms with Crippen molar-refractivity contribution in [2.45, 2.75) is 13.5 Å². The average molecular weight is 182 g/mol. The fourth-order valence-electron chi connectivity index (χ4n) is 1.19. The smallest absolute Gasteiger partial charge is 0.161 e. The maximum Gasteiger partial charge on any atom is 0.161 e. The van der Waals surface area contributed by atoms with Crippen molar-refractivity contribution in [2.24, 2.45) is 0 Å². The Labute approximate surface area is 77.9 Å². The number of hydrogen-bond acceptors (Lipinski definition) is 3. The lowest BCUT2D eigenvalue weighted by molar-refractivity contribution is 0.279. The molecule has 0 aromatic heterocycles. The van der Waals surface area contributed by atoms with Crippen LogP contribution in [0, 0.1) is 6.92 Å². The summed E-state index contributed by atoms with van der Waals surface area (Å²) in [7, 11) is 3.17. The summed E-state index contributed by atoms with van der Waals surface area (Å²) in [6.45, 7) is 1.94. The molecule has 0 aliphatic heterocycles. The lowest BCUT2D eigenvalue weighted by atomic mass is 10.1. The molecule has 3 heteroatoms. The fourth-order valence-corrected chi connectivity index (χ4v) is 1.19. The first-order valence-corrected chi connectivity index (χ1v) is 4.05. The molecule has 0 aliphatic rings. The highest BCUT2D eigenvalue weighted by Gasteiger charge is 2.06. The second kappa shape index (κ2) is 4.14. The van der Waals surface area contributed by atoms with E-state index in [0.29, 0.717) is 11.5 Å². The van der Waals surface area contributed by atoms with E-state index in [-0.39, 0.29) is 6.61 Å². The van der Waals surface area contributed by atoms with Gasteiger partial charge in [-0.1, -0.05) is 0 Å².